The second-order valence-corrected chi connectivity index (χ2v) is 8.12. The molecule has 0 aliphatic rings. The minimum Gasteiger partial charge on any atom is -0.266 e. The van der Waals surface area contributed by atoms with Crippen LogP contribution in [-0.4, -0.2) is 19.2 Å². The molecule has 0 aliphatic heterocycles. The number of aryl methyl sites for hydroxylation is 1. The van der Waals surface area contributed by atoms with Crippen LogP contribution in [0.2, 0.25) is 0 Å². The van der Waals surface area contributed by atoms with Crippen molar-refractivity contribution < 1.29 is 8.42 Å². The third-order valence-corrected chi connectivity index (χ3v) is 5.96. The van der Waals surface area contributed by atoms with Gasteiger partial charge < -0.3 is 0 Å². The molecule has 0 radical (unpaired) electrons. The van der Waals surface area contributed by atoms with E-state index in [0.29, 0.717) is 12.1 Å². The number of aromatic nitrogens is 1. The fraction of sp³-hybridized carbons (Fsp3) is 0.190. The van der Waals surface area contributed by atoms with Gasteiger partial charge in [-0.05, 0) is 42.2 Å². The lowest BCUT2D eigenvalue weighted by Gasteiger charge is -2.24. The average molecular weight is 366 g/mol. The van der Waals surface area contributed by atoms with E-state index in [2.05, 4.69) is 4.98 Å². The number of nitrogens with zero attached hydrogens (tertiary/aromatic N) is 2. The molecule has 0 saturated heterocycles. The van der Waals surface area contributed by atoms with Gasteiger partial charge in [0.05, 0.1) is 18.0 Å². The summed E-state index contributed by atoms with van der Waals surface area (Å²) in [5.74, 6) is 0.108. The van der Waals surface area contributed by atoms with E-state index in [9.17, 15) is 8.42 Å². The number of para-hydroxylation sites is 1. The number of rotatable bonds is 8. The highest BCUT2D eigenvalue weighted by Gasteiger charge is 2.22. The summed E-state index contributed by atoms with van der Waals surface area (Å²) in [5, 5.41) is 0. The molecule has 3 rings (SSSR count). The Morgan fingerprint density at radius 2 is 1.46 bits per heavy atom. The zero-order valence-electron chi connectivity index (χ0n) is 14.5. The summed E-state index contributed by atoms with van der Waals surface area (Å²) in [6.45, 7) is 0.283. The van der Waals surface area contributed by atoms with Crippen LogP contribution in [0.4, 0.5) is 5.69 Å². The minimum absolute atomic E-state index is 0.108. The van der Waals surface area contributed by atoms with Crippen molar-refractivity contribution in [2.45, 2.75) is 19.4 Å². The Kier molecular flexibility index (Phi) is 6.02. The van der Waals surface area contributed by atoms with Crippen LogP contribution in [0.25, 0.3) is 0 Å². The maximum absolute atomic E-state index is 13.0. The Morgan fingerprint density at radius 3 is 2.12 bits per heavy atom. The molecule has 5 heteroatoms. The largest absolute Gasteiger partial charge is 0.266 e. The smallest absolute Gasteiger partial charge is 0.235 e. The minimum atomic E-state index is -3.44. The van der Waals surface area contributed by atoms with Crippen molar-refractivity contribution in [2.75, 3.05) is 10.1 Å². The summed E-state index contributed by atoms with van der Waals surface area (Å²) in [5.41, 5.74) is 2.69. The van der Waals surface area contributed by atoms with Crippen LogP contribution in [-0.2, 0) is 23.0 Å². The van der Waals surface area contributed by atoms with Crippen LogP contribution < -0.4 is 4.31 Å². The van der Waals surface area contributed by atoms with Crippen molar-refractivity contribution in [3.8, 4) is 0 Å². The van der Waals surface area contributed by atoms with E-state index in [1.165, 1.54) is 4.31 Å². The SMILES string of the molecule is O=S(=O)(CCCc1ccccc1)N(Cc1cccnc1)c1ccccc1. The third-order valence-electron chi connectivity index (χ3n) is 4.14. The molecule has 0 aliphatic carbocycles. The van der Waals surface area contributed by atoms with Gasteiger partial charge in [0.15, 0.2) is 0 Å². The summed E-state index contributed by atoms with van der Waals surface area (Å²) >= 11 is 0. The monoisotopic (exact) mass is 366 g/mol. The number of anilines is 1. The quantitative estimate of drug-likeness (QED) is 0.604. The van der Waals surface area contributed by atoms with Gasteiger partial charge in [-0.15, -0.1) is 0 Å². The third kappa shape index (κ3) is 4.92. The normalized spacial score (nSPS) is 11.2. The summed E-state index contributed by atoms with van der Waals surface area (Å²) in [6.07, 6.45) is 4.72. The predicted octanol–water partition coefficient (Wildman–Crippen LogP) is 4.05. The summed E-state index contributed by atoms with van der Waals surface area (Å²) < 4.78 is 27.5. The fourth-order valence-electron chi connectivity index (χ4n) is 2.82. The Hall–Kier alpha value is -2.66. The van der Waals surface area contributed by atoms with Crippen LogP contribution in [0.5, 0.6) is 0 Å². The van der Waals surface area contributed by atoms with E-state index in [4.69, 9.17) is 0 Å². The predicted molar refractivity (Wildman–Crippen MR) is 105 cm³/mol. The lowest BCUT2D eigenvalue weighted by atomic mass is 10.1. The molecule has 1 heterocycles. The molecule has 0 fully saturated rings. The van der Waals surface area contributed by atoms with Crippen molar-refractivity contribution in [2.24, 2.45) is 0 Å². The van der Waals surface area contributed by atoms with E-state index in [1.54, 1.807) is 12.4 Å². The summed E-state index contributed by atoms with van der Waals surface area (Å²) in [6, 6.07) is 22.9. The van der Waals surface area contributed by atoms with Crippen molar-refractivity contribution in [3.63, 3.8) is 0 Å². The first-order valence-corrected chi connectivity index (χ1v) is 10.2. The molecule has 0 atom stereocenters. The maximum atomic E-state index is 13.0. The van der Waals surface area contributed by atoms with Crippen LogP contribution in [0.1, 0.15) is 17.5 Å². The molecule has 26 heavy (non-hydrogen) atoms. The Labute approximate surface area is 155 Å². The second-order valence-electron chi connectivity index (χ2n) is 6.11. The topological polar surface area (TPSA) is 50.3 Å². The first-order chi connectivity index (χ1) is 12.6. The van der Waals surface area contributed by atoms with Crippen LogP contribution >= 0.6 is 0 Å². The van der Waals surface area contributed by atoms with Gasteiger partial charge in [-0.25, -0.2) is 8.42 Å². The molecular formula is C21H22N2O2S. The van der Waals surface area contributed by atoms with Gasteiger partial charge in [0.25, 0.3) is 0 Å². The molecular weight excluding hydrogens is 344 g/mol. The summed E-state index contributed by atoms with van der Waals surface area (Å²) in [7, 11) is -3.44. The first kappa shape index (κ1) is 18.1. The van der Waals surface area contributed by atoms with E-state index >= 15 is 0 Å². The molecule has 4 nitrogen and oxygen atoms in total. The zero-order valence-corrected chi connectivity index (χ0v) is 15.3. The van der Waals surface area contributed by atoms with Crippen molar-refractivity contribution >= 4 is 15.7 Å². The van der Waals surface area contributed by atoms with E-state index < -0.39 is 10.0 Å². The Balaban J connectivity index is 1.76. The molecule has 0 bridgehead atoms. The molecule has 2 aromatic carbocycles. The van der Waals surface area contributed by atoms with Gasteiger partial charge in [0, 0.05) is 12.4 Å². The van der Waals surface area contributed by atoms with Gasteiger partial charge >= 0.3 is 0 Å². The van der Waals surface area contributed by atoms with Crippen LogP contribution in [0, 0.1) is 0 Å². The maximum Gasteiger partial charge on any atom is 0.235 e. The van der Waals surface area contributed by atoms with E-state index in [0.717, 1.165) is 17.5 Å². The van der Waals surface area contributed by atoms with E-state index in [-0.39, 0.29) is 12.3 Å². The summed E-state index contributed by atoms with van der Waals surface area (Å²) in [4.78, 5) is 4.09. The molecule has 0 unspecified atom stereocenters. The number of benzene rings is 2. The first-order valence-electron chi connectivity index (χ1n) is 8.63. The van der Waals surface area contributed by atoms with Crippen molar-refractivity contribution in [3.05, 3.63) is 96.3 Å². The Morgan fingerprint density at radius 1 is 0.808 bits per heavy atom. The molecule has 0 N–H and O–H groups in total. The fourth-order valence-corrected chi connectivity index (χ4v) is 4.33. The van der Waals surface area contributed by atoms with Gasteiger partial charge in [-0.1, -0.05) is 54.6 Å². The number of hydrogen-bond acceptors (Lipinski definition) is 3. The highest BCUT2D eigenvalue weighted by atomic mass is 32.2. The molecule has 0 amide bonds. The van der Waals surface area contributed by atoms with Gasteiger partial charge in [-0.2, -0.15) is 0 Å². The van der Waals surface area contributed by atoms with Crippen molar-refractivity contribution in [1.82, 2.24) is 4.98 Å². The van der Waals surface area contributed by atoms with Gasteiger partial charge in [0.1, 0.15) is 0 Å². The standard InChI is InChI=1S/C21H22N2O2S/c24-26(25,16-8-12-19-9-3-1-4-10-19)23(21-13-5-2-6-14-21)18-20-11-7-15-22-17-20/h1-7,9-11,13-15,17H,8,12,16,18H2. The zero-order chi connectivity index (χ0) is 18.2. The average Bonchev–Trinajstić information content (AvgIpc) is 2.68. The molecule has 0 spiro atoms. The van der Waals surface area contributed by atoms with Crippen molar-refractivity contribution in [1.29, 1.82) is 0 Å². The lowest BCUT2D eigenvalue weighted by Crippen LogP contribution is -2.32. The number of pyridine rings is 1. The highest BCUT2D eigenvalue weighted by Crippen LogP contribution is 2.21. The van der Waals surface area contributed by atoms with Crippen LogP contribution in [0.15, 0.2) is 85.2 Å². The lowest BCUT2D eigenvalue weighted by molar-refractivity contribution is 0.587. The molecule has 3 aromatic rings. The van der Waals surface area contributed by atoms with Gasteiger partial charge in [-0.3, -0.25) is 9.29 Å². The molecule has 1 aromatic heterocycles. The van der Waals surface area contributed by atoms with Crippen LogP contribution in [0.3, 0.4) is 0 Å². The number of hydrogen-bond donors (Lipinski definition) is 0. The molecule has 0 saturated carbocycles. The molecule has 134 valence electrons. The Bertz CT molecular complexity index is 899. The van der Waals surface area contributed by atoms with E-state index in [1.807, 2.05) is 72.8 Å². The van der Waals surface area contributed by atoms with Gasteiger partial charge in [0.2, 0.25) is 10.0 Å². The number of sulfonamides is 1. The highest BCUT2D eigenvalue weighted by molar-refractivity contribution is 7.92. The second kappa shape index (κ2) is 8.63.